The zero-order valence-electron chi connectivity index (χ0n) is 14.5. The summed E-state index contributed by atoms with van der Waals surface area (Å²) in [6.45, 7) is 0.947. The highest BCUT2D eigenvalue weighted by Crippen LogP contribution is 2.28. The van der Waals surface area contributed by atoms with E-state index in [2.05, 4.69) is 14.7 Å². The number of hydrogen-bond donors (Lipinski definition) is 1. The number of carbonyl (C=O) groups excluding carboxylic acids is 1. The second-order valence-corrected chi connectivity index (χ2v) is 5.80. The molecule has 0 aliphatic carbocycles. The molecule has 2 heterocycles. The fourth-order valence-corrected chi connectivity index (χ4v) is 2.47. The Labute approximate surface area is 153 Å². The van der Waals surface area contributed by atoms with Gasteiger partial charge in [-0.2, -0.15) is 4.98 Å². The van der Waals surface area contributed by atoms with Crippen LogP contribution in [0.25, 0.3) is 11.2 Å². The highest BCUT2D eigenvalue weighted by molar-refractivity contribution is 5.78. The van der Waals surface area contributed by atoms with Gasteiger partial charge in [0, 0.05) is 13.1 Å². The zero-order chi connectivity index (χ0) is 20.6. The lowest BCUT2D eigenvalue weighted by atomic mass is 10.3. The summed E-state index contributed by atoms with van der Waals surface area (Å²) in [5.41, 5.74) is -1.65. The number of fused-ring (bicyclic) bond motifs is 1. The molecule has 0 amide bonds. The number of benzene rings is 1. The van der Waals surface area contributed by atoms with Gasteiger partial charge in [-0.1, -0.05) is 6.07 Å². The van der Waals surface area contributed by atoms with Crippen LogP contribution < -0.4 is 20.7 Å². The lowest BCUT2D eigenvalue weighted by Crippen LogP contribution is -2.39. The summed E-state index contributed by atoms with van der Waals surface area (Å²) in [7, 11) is 1.24. The molecule has 3 rings (SSSR count). The monoisotopic (exact) mass is 398 g/mol. The Morgan fingerprint density at radius 1 is 1.25 bits per heavy atom. The molecule has 3 aromatic rings. The van der Waals surface area contributed by atoms with E-state index in [4.69, 9.17) is 4.74 Å². The van der Waals surface area contributed by atoms with Crippen molar-refractivity contribution >= 4 is 16.9 Å². The van der Waals surface area contributed by atoms with Gasteiger partial charge in [0.25, 0.3) is 5.56 Å². The number of ether oxygens (including phenoxy) is 2. The predicted octanol–water partition coefficient (Wildman–Crippen LogP) is 1.70. The van der Waals surface area contributed by atoms with Crippen LogP contribution in [0.3, 0.4) is 0 Å². The number of aromatic amines is 1. The molecular formula is C16H13F3N4O5. The number of aromatic nitrogens is 4. The number of Topliss-reactive ketones (excluding diaryl/α,β-unsaturated/α-hetero) is 1. The van der Waals surface area contributed by atoms with Gasteiger partial charge in [-0.05, 0) is 19.1 Å². The summed E-state index contributed by atoms with van der Waals surface area (Å²) in [6.07, 6.45) is -4.87. The smallest absolute Gasteiger partial charge is 0.425 e. The molecule has 0 aliphatic heterocycles. The largest absolute Gasteiger partial charge is 0.573 e. The van der Waals surface area contributed by atoms with Crippen molar-refractivity contribution in [1.82, 2.24) is 19.1 Å². The molecule has 148 valence electrons. The van der Waals surface area contributed by atoms with Gasteiger partial charge in [-0.3, -0.25) is 18.7 Å². The Morgan fingerprint density at radius 3 is 2.57 bits per heavy atom. The first-order valence-electron chi connectivity index (χ1n) is 7.78. The molecule has 0 aliphatic rings. The number of alkyl halides is 3. The number of carbonyl (C=O) groups is 1. The van der Waals surface area contributed by atoms with E-state index in [0.29, 0.717) is 0 Å². The molecule has 0 radical (unpaired) electrons. The van der Waals surface area contributed by atoms with Crippen molar-refractivity contribution in [2.45, 2.75) is 19.8 Å². The number of nitrogens with one attached hydrogen (secondary N) is 1. The van der Waals surface area contributed by atoms with Crippen molar-refractivity contribution in [3.63, 3.8) is 0 Å². The van der Waals surface area contributed by atoms with Crippen LogP contribution in [0.15, 0.2) is 33.9 Å². The number of H-pyrrole nitrogens is 1. The lowest BCUT2D eigenvalue weighted by molar-refractivity contribution is -0.274. The molecule has 12 heteroatoms. The van der Waals surface area contributed by atoms with Crippen LogP contribution in [0.4, 0.5) is 13.2 Å². The quantitative estimate of drug-likeness (QED) is 0.701. The van der Waals surface area contributed by atoms with E-state index in [9.17, 15) is 27.6 Å². The summed E-state index contributed by atoms with van der Waals surface area (Å²) in [6, 6.07) is 4.42. The predicted molar refractivity (Wildman–Crippen MR) is 89.5 cm³/mol. The van der Waals surface area contributed by atoms with E-state index < -0.39 is 23.4 Å². The van der Waals surface area contributed by atoms with Crippen LogP contribution in [0.1, 0.15) is 6.92 Å². The number of nitrogens with zero attached hydrogens (tertiary/aromatic N) is 3. The van der Waals surface area contributed by atoms with E-state index in [1.165, 1.54) is 26.1 Å². The highest BCUT2D eigenvalue weighted by Gasteiger charge is 2.31. The third-order valence-electron chi connectivity index (χ3n) is 3.59. The second-order valence-electron chi connectivity index (χ2n) is 5.80. The first-order chi connectivity index (χ1) is 13.0. The van der Waals surface area contributed by atoms with Crippen molar-refractivity contribution in [1.29, 1.82) is 0 Å². The third kappa shape index (κ3) is 3.89. The average Bonchev–Trinajstić information content (AvgIpc) is 2.99. The van der Waals surface area contributed by atoms with Gasteiger partial charge in [-0.25, -0.2) is 4.79 Å². The Kier molecular flexibility index (Phi) is 4.71. The SMILES string of the molecule is CC(=O)Cn1c(=O)n(C)c(=O)c2[nH]c(Oc3cccc(OC(F)(F)F)c3)nc21. The van der Waals surface area contributed by atoms with Gasteiger partial charge >= 0.3 is 18.1 Å². The van der Waals surface area contributed by atoms with Crippen LogP contribution >= 0.6 is 0 Å². The topological polar surface area (TPSA) is 108 Å². The average molecular weight is 398 g/mol. The van der Waals surface area contributed by atoms with E-state index in [1.807, 2.05) is 0 Å². The van der Waals surface area contributed by atoms with Gasteiger partial charge in [0.15, 0.2) is 11.2 Å². The number of hydrogen-bond acceptors (Lipinski definition) is 6. The fourth-order valence-electron chi connectivity index (χ4n) is 2.47. The highest BCUT2D eigenvalue weighted by atomic mass is 19.4. The van der Waals surface area contributed by atoms with E-state index >= 15 is 0 Å². The Bertz CT molecular complexity index is 1180. The maximum Gasteiger partial charge on any atom is 0.573 e. The minimum Gasteiger partial charge on any atom is -0.425 e. The molecule has 0 bridgehead atoms. The van der Waals surface area contributed by atoms with Crippen molar-refractivity contribution in [2.24, 2.45) is 7.05 Å². The maximum absolute atomic E-state index is 12.3. The van der Waals surface area contributed by atoms with Crippen molar-refractivity contribution in [3.05, 3.63) is 45.1 Å². The normalized spacial score (nSPS) is 11.6. The zero-order valence-corrected chi connectivity index (χ0v) is 14.5. The van der Waals surface area contributed by atoms with Crippen molar-refractivity contribution in [3.8, 4) is 17.5 Å². The molecule has 0 fully saturated rings. The minimum atomic E-state index is -4.87. The summed E-state index contributed by atoms with van der Waals surface area (Å²) in [5, 5.41) is 0. The number of ketones is 1. The molecule has 0 saturated heterocycles. The van der Waals surface area contributed by atoms with Crippen LogP contribution in [0.5, 0.6) is 17.5 Å². The maximum atomic E-state index is 12.3. The molecule has 28 heavy (non-hydrogen) atoms. The fraction of sp³-hybridized carbons (Fsp3) is 0.250. The van der Waals surface area contributed by atoms with Gasteiger partial charge < -0.3 is 14.5 Å². The van der Waals surface area contributed by atoms with Crippen LogP contribution in [-0.2, 0) is 18.4 Å². The van der Waals surface area contributed by atoms with Gasteiger partial charge in [-0.15, -0.1) is 13.2 Å². The number of imidazole rings is 1. The Morgan fingerprint density at radius 2 is 1.93 bits per heavy atom. The molecule has 1 N–H and O–H groups in total. The molecule has 2 aromatic heterocycles. The van der Waals surface area contributed by atoms with Crippen molar-refractivity contribution in [2.75, 3.05) is 0 Å². The summed E-state index contributed by atoms with van der Waals surface area (Å²) >= 11 is 0. The van der Waals surface area contributed by atoms with E-state index in [0.717, 1.165) is 21.3 Å². The number of rotatable bonds is 5. The summed E-state index contributed by atoms with van der Waals surface area (Å²) in [5.74, 6) is -0.909. The minimum absolute atomic E-state index is 0.0573. The molecule has 0 atom stereocenters. The summed E-state index contributed by atoms with van der Waals surface area (Å²) < 4.78 is 47.9. The first kappa shape index (κ1) is 19.2. The molecule has 9 nitrogen and oxygen atoms in total. The molecule has 1 aromatic carbocycles. The Hall–Kier alpha value is -3.57. The first-order valence-corrected chi connectivity index (χ1v) is 7.78. The van der Waals surface area contributed by atoms with E-state index in [-0.39, 0.29) is 35.3 Å². The standard InChI is InChI=1S/C16H13F3N4O5/c1-8(24)7-23-12-11(13(25)22(2)15(23)26)20-14(21-12)27-9-4-3-5-10(6-9)28-16(17,18)19/h3-6H,7H2,1-2H3,(H,20,21). The molecular weight excluding hydrogens is 385 g/mol. The van der Waals surface area contributed by atoms with Crippen LogP contribution in [0.2, 0.25) is 0 Å². The molecule has 0 spiro atoms. The molecule has 0 unspecified atom stereocenters. The van der Waals surface area contributed by atoms with Gasteiger partial charge in [0.05, 0.1) is 6.54 Å². The summed E-state index contributed by atoms with van der Waals surface area (Å²) in [4.78, 5) is 42.5. The lowest BCUT2D eigenvalue weighted by Gasteiger charge is -2.09. The van der Waals surface area contributed by atoms with Crippen LogP contribution in [-0.4, -0.2) is 31.2 Å². The van der Waals surface area contributed by atoms with Crippen LogP contribution in [0, 0.1) is 0 Å². The third-order valence-corrected chi connectivity index (χ3v) is 3.59. The number of halogens is 3. The van der Waals surface area contributed by atoms with Gasteiger partial charge in [0.2, 0.25) is 0 Å². The van der Waals surface area contributed by atoms with Crippen molar-refractivity contribution < 1.29 is 27.4 Å². The van der Waals surface area contributed by atoms with Gasteiger partial charge in [0.1, 0.15) is 17.3 Å². The second kappa shape index (κ2) is 6.87. The Balaban J connectivity index is 2.03. The molecule has 0 saturated carbocycles. The van der Waals surface area contributed by atoms with E-state index in [1.54, 1.807) is 0 Å².